The van der Waals surface area contributed by atoms with Gasteiger partial charge in [0.1, 0.15) is 5.75 Å². The molecule has 0 aliphatic rings. The van der Waals surface area contributed by atoms with Gasteiger partial charge in [-0.3, -0.25) is 0 Å². The summed E-state index contributed by atoms with van der Waals surface area (Å²) in [7, 11) is 0. The van der Waals surface area contributed by atoms with Crippen LogP contribution in [0.2, 0.25) is 0 Å². The van der Waals surface area contributed by atoms with Crippen molar-refractivity contribution < 1.29 is 14.6 Å². The van der Waals surface area contributed by atoms with Crippen LogP contribution in [-0.4, -0.2) is 17.7 Å². The van der Waals surface area contributed by atoms with Crippen LogP contribution in [0.4, 0.5) is 0 Å². The number of aromatic carboxylic acids is 1. The van der Waals surface area contributed by atoms with E-state index < -0.39 is 5.97 Å². The highest BCUT2D eigenvalue weighted by Crippen LogP contribution is 2.34. The van der Waals surface area contributed by atoms with Gasteiger partial charge in [0.15, 0.2) is 0 Å². The van der Waals surface area contributed by atoms with Gasteiger partial charge in [-0.2, -0.15) is 0 Å². The molecule has 0 heterocycles. The van der Waals surface area contributed by atoms with Crippen LogP contribution in [0.1, 0.15) is 59.3 Å². The zero-order chi connectivity index (χ0) is 17.9. The van der Waals surface area contributed by atoms with E-state index in [1.807, 2.05) is 13.8 Å². The van der Waals surface area contributed by atoms with Crippen LogP contribution in [0.3, 0.4) is 0 Å². The Hall–Kier alpha value is -2.55. The van der Waals surface area contributed by atoms with Crippen LogP contribution in [0.5, 0.6) is 5.75 Å². The lowest BCUT2D eigenvalue weighted by atomic mass is 9.90. The Labute approximate surface area is 143 Å². The fourth-order valence-electron chi connectivity index (χ4n) is 2.72. The molecule has 0 saturated carbocycles. The summed E-state index contributed by atoms with van der Waals surface area (Å²) in [6.45, 7) is 13.2. The molecule has 0 aliphatic heterocycles. The molecule has 0 aliphatic carbocycles. The lowest BCUT2D eigenvalue weighted by Gasteiger charge is -2.18. The molecule has 0 spiro atoms. The predicted molar refractivity (Wildman–Crippen MR) is 98.0 cm³/mol. The minimum atomic E-state index is -0.925. The van der Waals surface area contributed by atoms with Crippen molar-refractivity contribution in [3.05, 3.63) is 70.8 Å². The Morgan fingerprint density at radius 2 is 1.75 bits per heavy atom. The molecule has 3 heteroatoms. The van der Waals surface area contributed by atoms with E-state index in [-0.39, 0.29) is 5.56 Å². The molecule has 0 fully saturated rings. The molecule has 126 valence electrons. The molecule has 0 aromatic heterocycles. The van der Waals surface area contributed by atoms with Crippen molar-refractivity contribution in [3.63, 3.8) is 0 Å². The fourth-order valence-corrected chi connectivity index (χ4v) is 2.72. The zero-order valence-corrected chi connectivity index (χ0v) is 14.7. The number of benzene rings is 2. The molecule has 0 bridgehead atoms. The minimum absolute atomic E-state index is 0.276. The summed E-state index contributed by atoms with van der Waals surface area (Å²) in [5, 5.41) is 9.02. The summed E-state index contributed by atoms with van der Waals surface area (Å²) in [4.78, 5) is 11.0. The van der Waals surface area contributed by atoms with E-state index in [0.29, 0.717) is 12.5 Å². The first-order valence-corrected chi connectivity index (χ1v) is 8.15. The smallest absolute Gasteiger partial charge is 0.335 e. The molecule has 0 amide bonds. The number of rotatable bonds is 6. The van der Waals surface area contributed by atoms with Crippen LogP contribution >= 0.6 is 0 Å². The molecule has 2 aromatic carbocycles. The van der Waals surface area contributed by atoms with E-state index >= 15 is 0 Å². The van der Waals surface area contributed by atoms with Crippen LogP contribution in [0, 0.1) is 6.92 Å². The largest absolute Gasteiger partial charge is 0.494 e. The van der Waals surface area contributed by atoms with Crippen LogP contribution in [0.15, 0.2) is 43.0 Å². The molecule has 2 rings (SSSR count). The minimum Gasteiger partial charge on any atom is -0.494 e. The van der Waals surface area contributed by atoms with Crippen molar-refractivity contribution in [1.29, 1.82) is 0 Å². The summed E-state index contributed by atoms with van der Waals surface area (Å²) in [5.74, 6) is 0.336. The standard InChI is InChI=1S/C21H24O3/c1-6-24-20-11-14(4)19(12-18(20)13(2)3)15(5)16-7-9-17(10-8-16)21(22)23/h7-13H,5-6H2,1-4H3,(H,22,23). The second kappa shape index (κ2) is 7.35. The summed E-state index contributed by atoms with van der Waals surface area (Å²) in [6, 6.07) is 11.0. The second-order valence-electron chi connectivity index (χ2n) is 6.15. The van der Waals surface area contributed by atoms with Gasteiger partial charge >= 0.3 is 5.97 Å². The average Bonchev–Trinajstić information content (AvgIpc) is 2.54. The van der Waals surface area contributed by atoms with Crippen molar-refractivity contribution in [1.82, 2.24) is 0 Å². The topological polar surface area (TPSA) is 46.5 Å². The molecule has 0 unspecified atom stereocenters. The van der Waals surface area contributed by atoms with Gasteiger partial charge in [-0.05, 0) is 71.9 Å². The van der Waals surface area contributed by atoms with Crippen molar-refractivity contribution in [2.24, 2.45) is 0 Å². The normalized spacial score (nSPS) is 10.7. The van der Waals surface area contributed by atoms with E-state index in [9.17, 15) is 4.79 Å². The summed E-state index contributed by atoms with van der Waals surface area (Å²) >= 11 is 0. The van der Waals surface area contributed by atoms with E-state index in [4.69, 9.17) is 9.84 Å². The highest BCUT2D eigenvalue weighted by atomic mass is 16.5. The molecule has 0 saturated heterocycles. The maximum absolute atomic E-state index is 11.0. The summed E-state index contributed by atoms with van der Waals surface area (Å²) in [6.07, 6.45) is 0. The molecule has 3 nitrogen and oxygen atoms in total. The highest BCUT2D eigenvalue weighted by molar-refractivity contribution is 5.89. The number of hydrogen-bond acceptors (Lipinski definition) is 2. The van der Waals surface area contributed by atoms with Crippen molar-refractivity contribution in [3.8, 4) is 5.75 Å². The van der Waals surface area contributed by atoms with Gasteiger partial charge in [0.05, 0.1) is 12.2 Å². The summed E-state index contributed by atoms with van der Waals surface area (Å²) < 4.78 is 5.77. The number of aryl methyl sites for hydroxylation is 1. The monoisotopic (exact) mass is 324 g/mol. The number of ether oxygens (including phenoxy) is 1. The molecular weight excluding hydrogens is 300 g/mol. The van der Waals surface area contributed by atoms with Gasteiger partial charge in [0.25, 0.3) is 0 Å². The number of carboxylic acid groups (broad SMARTS) is 1. The van der Waals surface area contributed by atoms with Crippen LogP contribution < -0.4 is 4.74 Å². The Kier molecular flexibility index (Phi) is 5.45. The maximum Gasteiger partial charge on any atom is 0.335 e. The van der Waals surface area contributed by atoms with Gasteiger partial charge in [-0.25, -0.2) is 4.79 Å². The lowest BCUT2D eigenvalue weighted by Crippen LogP contribution is -2.02. The fraction of sp³-hybridized carbons (Fsp3) is 0.286. The van der Waals surface area contributed by atoms with Gasteiger partial charge in [-0.1, -0.05) is 32.6 Å². The lowest BCUT2D eigenvalue weighted by molar-refractivity contribution is 0.0697. The van der Waals surface area contributed by atoms with Crippen molar-refractivity contribution in [2.45, 2.75) is 33.6 Å². The quantitative estimate of drug-likeness (QED) is 0.786. The van der Waals surface area contributed by atoms with Crippen LogP contribution in [-0.2, 0) is 0 Å². The molecule has 1 N–H and O–H groups in total. The number of hydrogen-bond donors (Lipinski definition) is 1. The van der Waals surface area contributed by atoms with Crippen molar-refractivity contribution >= 4 is 11.5 Å². The molecule has 0 atom stereocenters. The van der Waals surface area contributed by atoms with E-state index in [0.717, 1.165) is 33.6 Å². The van der Waals surface area contributed by atoms with Crippen molar-refractivity contribution in [2.75, 3.05) is 6.61 Å². The van der Waals surface area contributed by atoms with Gasteiger partial charge in [0.2, 0.25) is 0 Å². The third-order valence-electron chi connectivity index (χ3n) is 4.08. The first kappa shape index (κ1) is 17.8. The number of carbonyl (C=O) groups is 1. The number of carboxylic acids is 1. The SMILES string of the molecule is C=C(c1ccc(C(=O)O)cc1)c1cc(C(C)C)c(OCC)cc1C. The maximum atomic E-state index is 11.0. The summed E-state index contributed by atoms with van der Waals surface area (Å²) in [5.41, 5.74) is 5.38. The highest BCUT2D eigenvalue weighted by Gasteiger charge is 2.14. The third-order valence-corrected chi connectivity index (χ3v) is 4.08. The Balaban J connectivity index is 2.45. The Morgan fingerprint density at radius 3 is 2.25 bits per heavy atom. The van der Waals surface area contributed by atoms with Gasteiger partial charge < -0.3 is 9.84 Å². The van der Waals surface area contributed by atoms with E-state index in [1.54, 1.807) is 24.3 Å². The Bertz CT molecular complexity index is 755. The van der Waals surface area contributed by atoms with Gasteiger partial charge in [0, 0.05) is 0 Å². The van der Waals surface area contributed by atoms with E-state index in [2.05, 4.69) is 32.6 Å². The zero-order valence-electron chi connectivity index (χ0n) is 14.7. The first-order valence-electron chi connectivity index (χ1n) is 8.15. The van der Waals surface area contributed by atoms with E-state index in [1.165, 1.54) is 0 Å². The molecule has 0 radical (unpaired) electrons. The average molecular weight is 324 g/mol. The second-order valence-corrected chi connectivity index (χ2v) is 6.15. The predicted octanol–water partition coefficient (Wildman–Crippen LogP) is 5.28. The molecule has 2 aromatic rings. The molecule has 24 heavy (non-hydrogen) atoms. The Morgan fingerprint density at radius 1 is 1.17 bits per heavy atom. The third kappa shape index (κ3) is 3.67. The molecular formula is C21H24O3. The van der Waals surface area contributed by atoms with Crippen LogP contribution in [0.25, 0.3) is 5.57 Å². The first-order chi connectivity index (χ1) is 11.3. The van der Waals surface area contributed by atoms with Gasteiger partial charge in [-0.15, -0.1) is 0 Å².